The van der Waals surface area contributed by atoms with Crippen LogP contribution in [0.4, 0.5) is 5.69 Å². The van der Waals surface area contributed by atoms with Crippen molar-refractivity contribution in [3.05, 3.63) is 45.9 Å². The Kier molecular flexibility index (Phi) is 5.34. The molecule has 0 aromatic carbocycles. The van der Waals surface area contributed by atoms with Crippen molar-refractivity contribution in [1.29, 1.82) is 5.26 Å². The van der Waals surface area contributed by atoms with E-state index in [2.05, 4.69) is 41.2 Å². The second-order valence-corrected chi connectivity index (χ2v) is 7.95. The van der Waals surface area contributed by atoms with Crippen LogP contribution in [0.2, 0.25) is 0 Å². The van der Waals surface area contributed by atoms with Crippen LogP contribution >= 0.6 is 11.3 Å². The largest absolute Gasteiger partial charge is 0.370 e. The van der Waals surface area contributed by atoms with Crippen LogP contribution in [-0.4, -0.2) is 30.0 Å². The van der Waals surface area contributed by atoms with Crippen molar-refractivity contribution in [2.45, 2.75) is 32.7 Å². The molecule has 0 spiro atoms. The number of rotatable bonds is 4. The number of hydrogen-bond donors (Lipinski definition) is 1. The smallest absolute Gasteiger partial charge is 0.225 e. The highest BCUT2D eigenvalue weighted by molar-refractivity contribution is 7.12. The fourth-order valence-electron chi connectivity index (χ4n) is 3.32. The number of piperidine rings is 1. The summed E-state index contributed by atoms with van der Waals surface area (Å²) >= 11 is 1.68. The summed E-state index contributed by atoms with van der Waals surface area (Å²) in [6.45, 7) is 5.85. The number of nitrogens with zero attached hydrogens (tertiary/aromatic N) is 3. The van der Waals surface area contributed by atoms with Crippen LogP contribution in [0.25, 0.3) is 0 Å². The van der Waals surface area contributed by atoms with Crippen molar-refractivity contribution in [2.75, 3.05) is 18.0 Å². The summed E-state index contributed by atoms with van der Waals surface area (Å²) in [6.07, 6.45) is 4.66. The minimum absolute atomic E-state index is 0.0915. The average molecular weight is 354 g/mol. The third kappa shape index (κ3) is 4.18. The SMILES string of the molecule is Cc1ccc(CC(=O)NC2CCN(c3ccncc3C#N)CC2C)s1. The van der Waals surface area contributed by atoms with Crippen molar-refractivity contribution in [1.82, 2.24) is 10.3 Å². The number of amides is 1. The topological polar surface area (TPSA) is 69.0 Å². The van der Waals surface area contributed by atoms with E-state index in [1.165, 1.54) is 4.88 Å². The zero-order chi connectivity index (χ0) is 17.8. The van der Waals surface area contributed by atoms with Crippen LogP contribution in [0.3, 0.4) is 0 Å². The second-order valence-electron chi connectivity index (χ2n) is 6.58. The normalized spacial score (nSPS) is 20.1. The van der Waals surface area contributed by atoms with Gasteiger partial charge in [-0.2, -0.15) is 5.26 Å². The van der Waals surface area contributed by atoms with Gasteiger partial charge in [0.2, 0.25) is 5.91 Å². The zero-order valence-electron chi connectivity index (χ0n) is 14.5. The lowest BCUT2D eigenvalue weighted by Gasteiger charge is -2.38. The minimum atomic E-state index is 0.0915. The Balaban J connectivity index is 1.58. The van der Waals surface area contributed by atoms with Gasteiger partial charge in [-0.1, -0.05) is 6.92 Å². The van der Waals surface area contributed by atoms with Gasteiger partial charge in [-0.05, 0) is 37.5 Å². The predicted molar refractivity (Wildman–Crippen MR) is 99.6 cm³/mol. The number of thiophene rings is 1. The molecule has 2 aromatic rings. The highest BCUT2D eigenvalue weighted by Gasteiger charge is 2.28. The van der Waals surface area contributed by atoms with Gasteiger partial charge < -0.3 is 10.2 Å². The van der Waals surface area contributed by atoms with Crippen LogP contribution in [0.15, 0.2) is 30.6 Å². The average Bonchev–Trinajstić information content (AvgIpc) is 3.01. The summed E-state index contributed by atoms with van der Waals surface area (Å²) < 4.78 is 0. The molecular formula is C19H22N4OS. The van der Waals surface area contributed by atoms with Crippen molar-refractivity contribution in [3.8, 4) is 6.07 Å². The Morgan fingerprint density at radius 3 is 3.00 bits per heavy atom. The Morgan fingerprint density at radius 1 is 1.48 bits per heavy atom. The van der Waals surface area contributed by atoms with Crippen molar-refractivity contribution in [2.24, 2.45) is 5.92 Å². The molecule has 0 aliphatic carbocycles. The molecule has 0 saturated carbocycles. The molecule has 1 amide bonds. The summed E-state index contributed by atoms with van der Waals surface area (Å²) in [7, 11) is 0. The van der Waals surface area contributed by atoms with E-state index in [4.69, 9.17) is 0 Å². The highest BCUT2D eigenvalue weighted by Crippen LogP contribution is 2.26. The maximum absolute atomic E-state index is 12.3. The summed E-state index contributed by atoms with van der Waals surface area (Å²) in [5.74, 6) is 0.413. The molecule has 1 N–H and O–H groups in total. The molecule has 130 valence electrons. The molecule has 1 aliphatic rings. The number of carbonyl (C=O) groups is 1. The first kappa shape index (κ1) is 17.4. The molecule has 0 bridgehead atoms. The molecule has 3 heterocycles. The van der Waals surface area contributed by atoms with Crippen molar-refractivity contribution in [3.63, 3.8) is 0 Å². The lowest BCUT2D eigenvalue weighted by atomic mass is 9.93. The summed E-state index contributed by atoms with van der Waals surface area (Å²) in [4.78, 5) is 20.9. The van der Waals surface area contributed by atoms with Crippen molar-refractivity contribution < 1.29 is 4.79 Å². The zero-order valence-corrected chi connectivity index (χ0v) is 15.3. The molecule has 1 fully saturated rings. The van der Waals surface area contributed by atoms with E-state index in [0.29, 0.717) is 17.9 Å². The van der Waals surface area contributed by atoms with Gasteiger partial charge >= 0.3 is 0 Å². The lowest BCUT2D eigenvalue weighted by molar-refractivity contribution is -0.121. The number of nitriles is 1. The molecule has 3 rings (SSSR count). The Hall–Kier alpha value is -2.39. The fraction of sp³-hybridized carbons (Fsp3) is 0.421. The molecule has 6 heteroatoms. The van der Waals surface area contributed by atoms with E-state index in [1.807, 2.05) is 12.1 Å². The maximum atomic E-state index is 12.3. The van der Waals surface area contributed by atoms with Gasteiger partial charge in [-0.15, -0.1) is 11.3 Å². The highest BCUT2D eigenvalue weighted by atomic mass is 32.1. The van der Waals surface area contributed by atoms with Gasteiger partial charge in [0.25, 0.3) is 0 Å². The first-order valence-electron chi connectivity index (χ1n) is 8.50. The number of aromatic nitrogens is 1. The van der Waals surface area contributed by atoms with E-state index in [0.717, 1.165) is 30.1 Å². The summed E-state index contributed by atoms with van der Waals surface area (Å²) in [5.41, 5.74) is 1.54. The van der Waals surface area contributed by atoms with Gasteiger partial charge in [-0.25, -0.2) is 0 Å². The summed E-state index contributed by atoms with van der Waals surface area (Å²) in [5, 5.41) is 12.4. The van der Waals surface area contributed by atoms with E-state index in [1.54, 1.807) is 23.7 Å². The van der Waals surface area contributed by atoms with Crippen LogP contribution in [-0.2, 0) is 11.2 Å². The molecule has 2 aromatic heterocycles. The molecule has 1 aliphatic heterocycles. The molecule has 25 heavy (non-hydrogen) atoms. The molecule has 2 unspecified atom stereocenters. The van der Waals surface area contributed by atoms with Gasteiger partial charge in [0.05, 0.1) is 17.7 Å². The summed E-state index contributed by atoms with van der Waals surface area (Å²) in [6, 6.07) is 8.36. The van der Waals surface area contributed by atoms with Crippen LogP contribution in [0.5, 0.6) is 0 Å². The second kappa shape index (κ2) is 7.66. The molecule has 1 saturated heterocycles. The Bertz CT molecular complexity index is 795. The van der Waals surface area contributed by atoms with Gasteiger partial charge in [0.1, 0.15) is 6.07 Å². The van der Waals surface area contributed by atoms with E-state index < -0.39 is 0 Å². The van der Waals surface area contributed by atoms with E-state index in [-0.39, 0.29) is 11.9 Å². The first-order valence-corrected chi connectivity index (χ1v) is 9.32. The predicted octanol–water partition coefficient (Wildman–Crippen LogP) is 2.90. The number of carbonyl (C=O) groups excluding carboxylic acids is 1. The van der Waals surface area contributed by atoms with Crippen LogP contribution in [0, 0.1) is 24.2 Å². The number of pyridine rings is 1. The quantitative estimate of drug-likeness (QED) is 0.917. The monoisotopic (exact) mass is 354 g/mol. The minimum Gasteiger partial charge on any atom is -0.370 e. The molecule has 2 atom stereocenters. The third-order valence-corrected chi connectivity index (χ3v) is 5.64. The maximum Gasteiger partial charge on any atom is 0.225 e. The van der Waals surface area contributed by atoms with Gasteiger partial charge in [-0.3, -0.25) is 9.78 Å². The van der Waals surface area contributed by atoms with E-state index >= 15 is 0 Å². The number of hydrogen-bond acceptors (Lipinski definition) is 5. The fourth-order valence-corrected chi connectivity index (χ4v) is 4.21. The molecular weight excluding hydrogens is 332 g/mol. The van der Waals surface area contributed by atoms with Crippen molar-refractivity contribution >= 4 is 22.9 Å². The number of nitrogens with one attached hydrogen (secondary N) is 1. The standard InChI is InChI=1S/C19H22N4OS/c1-13-12-23(18-5-7-21-11-15(18)10-20)8-6-17(13)22-19(24)9-16-4-3-14(2)25-16/h3-5,7,11,13,17H,6,8-9,12H2,1-2H3,(H,22,24). The Morgan fingerprint density at radius 2 is 2.32 bits per heavy atom. The Labute approximate surface area is 152 Å². The van der Waals surface area contributed by atoms with E-state index in [9.17, 15) is 10.1 Å². The number of aryl methyl sites for hydroxylation is 1. The van der Waals surface area contributed by atoms with Gasteiger partial charge in [0, 0.05) is 41.3 Å². The van der Waals surface area contributed by atoms with Crippen LogP contribution in [0.1, 0.15) is 28.7 Å². The lowest BCUT2D eigenvalue weighted by Crippen LogP contribution is -2.50. The third-order valence-electron chi connectivity index (χ3n) is 4.64. The van der Waals surface area contributed by atoms with Gasteiger partial charge in [0.15, 0.2) is 0 Å². The first-order chi connectivity index (χ1) is 12.1. The molecule has 5 nitrogen and oxygen atoms in total. The van der Waals surface area contributed by atoms with Crippen LogP contribution < -0.4 is 10.2 Å². The number of anilines is 1. The molecule has 0 radical (unpaired) electrons.